The van der Waals surface area contributed by atoms with Crippen molar-refractivity contribution in [3.05, 3.63) is 59.9 Å². The van der Waals surface area contributed by atoms with Gasteiger partial charge >= 0.3 is 5.97 Å². The number of amides is 1. The van der Waals surface area contributed by atoms with E-state index in [1.165, 1.54) is 20.2 Å². The Kier molecular flexibility index (Phi) is 6.23. The van der Waals surface area contributed by atoms with Gasteiger partial charge in [-0.25, -0.2) is 9.78 Å². The SMILES string of the molecule is COc1ccc(CNC(=O)C(C)OC(=O)c2cnc3ccccc3n2)cc1OC. The standard InChI is InChI=1S/C21H21N3O5/c1-13(20(25)23-11-14-8-9-18(27-2)19(10-14)28-3)29-21(26)17-12-22-15-6-4-5-7-16(15)24-17/h4-10,12-13H,11H2,1-3H3,(H,23,25). The van der Waals surface area contributed by atoms with Crippen molar-refractivity contribution in [3.8, 4) is 11.5 Å². The van der Waals surface area contributed by atoms with E-state index in [1.54, 1.807) is 37.4 Å². The molecular formula is C21H21N3O5. The number of rotatable bonds is 7. The van der Waals surface area contributed by atoms with E-state index in [2.05, 4.69) is 15.3 Å². The quantitative estimate of drug-likeness (QED) is 0.614. The van der Waals surface area contributed by atoms with Crippen molar-refractivity contribution in [3.63, 3.8) is 0 Å². The first-order valence-electron chi connectivity index (χ1n) is 8.93. The second-order valence-corrected chi connectivity index (χ2v) is 6.20. The van der Waals surface area contributed by atoms with Crippen LogP contribution in [0, 0.1) is 0 Å². The summed E-state index contributed by atoms with van der Waals surface area (Å²) >= 11 is 0. The van der Waals surface area contributed by atoms with Crippen molar-refractivity contribution < 1.29 is 23.8 Å². The lowest BCUT2D eigenvalue weighted by Crippen LogP contribution is -2.35. The van der Waals surface area contributed by atoms with E-state index >= 15 is 0 Å². The number of ether oxygens (including phenoxy) is 3. The van der Waals surface area contributed by atoms with Gasteiger partial charge in [-0.3, -0.25) is 9.78 Å². The Bertz CT molecular complexity index is 1040. The summed E-state index contributed by atoms with van der Waals surface area (Å²) < 4.78 is 15.6. The Labute approximate surface area is 167 Å². The maximum absolute atomic E-state index is 12.3. The highest BCUT2D eigenvalue weighted by Gasteiger charge is 2.20. The molecule has 1 heterocycles. The zero-order valence-corrected chi connectivity index (χ0v) is 16.3. The third kappa shape index (κ3) is 4.78. The van der Waals surface area contributed by atoms with Gasteiger partial charge in [-0.15, -0.1) is 0 Å². The number of aromatic nitrogens is 2. The highest BCUT2D eigenvalue weighted by molar-refractivity contribution is 5.92. The van der Waals surface area contributed by atoms with E-state index in [0.29, 0.717) is 22.5 Å². The lowest BCUT2D eigenvalue weighted by molar-refractivity contribution is -0.129. The van der Waals surface area contributed by atoms with Crippen LogP contribution in [0.4, 0.5) is 0 Å². The first-order chi connectivity index (χ1) is 14.0. The van der Waals surface area contributed by atoms with Crippen LogP contribution in [-0.4, -0.2) is 42.2 Å². The largest absolute Gasteiger partial charge is 0.493 e. The average molecular weight is 395 g/mol. The third-order valence-corrected chi connectivity index (χ3v) is 4.23. The second-order valence-electron chi connectivity index (χ2n) is 6.20. The number of hydrogen-bond donors (Lipinski definition) is 1. The monoisotopic (exact) mass is 395 g/mol. The summed E-state index contributed by atoms with van der Waals surface area (Å²) in [6, 6.07) is 12.5. The number of benzene rings is 2. The lowest BCUT2D eigenvalue weighted by atomic mass is 10.2. The molecule has 3 aromatic rings. The molecular weight excluding hydrogens is 374 g/mol. The molecule has 0 saturated carbocycles. The molecule has 0 saturated heterocycles. The van der Waals surface area contributed by atoms with E-state index in [0.717, 1.165) is 5.56 Å². The Balaban J connectivity index is 1.59. The molecule has 1 atom stereocenters. The lowest BCUT2D eigenvalue weighted by Gasteiger charge is -2.14. The molecule has 0 fully saturated rings. The fourth-order valence-electron chi connectivity index (χ4n) is 2.65. The van der Waals surface area contributed by atoms with Gasteiger partial charge in [0.1, 0.15) is 0 Å². The third-order valence-electron chi connectivity index (χ3n) is 4.23. The van der Waals surface area contributed by atoms with Gasteiger partial charge in [0.2, 0.25) is 0 Å². The fraction of sp³-hybridized carbons (Fsp3) is 0.238. The Morgan fingerprint density at radius 1 is 1.03 bits per heavy atom. The highest BCUT2D eigenvalue weighted by Crippen LogP contribution is 2.27. The summed E-state index contributed by atoms with van der Waals surface area (Å²) in [5.41, 5.74) is 2.11. The van der Waals surface area contributed by atoms with E-state index < -0.39 is 18.0 Å². The van der Waals surface area contributed by atoms with Crippen molar-refractivity contribution in [1.82, 2.24) is 15.3 Å². The minimum Gasteiger partial charge on any atom is -0.493 e. The molecule has 8 heteroatoms. The summed E-state index contributed by atoms with van der Waals surface area (Å²) in [7, 11) is 3.09. The van der Waals surface area contributed by atoms with E-state index in [-0.39, 0.29) is 12.2 Å². The van der Waals surface area contributed by atoms with Crippen molar-refractivity contribution in [2.45, 2.75) is 19.6 Å². The smallest absolute Gasteiger partial charge is 0.359 e. The summed E-state index contributed by atoms with van der Waals surface area (Å²) in [4.78, 5) is 33.0. The zero-order chi connectivity index (χ0) is 20.8. The van der Waals surface area contributed by atoms with Gasteiger partial charge in [-0.2, -0.15) is 0 Å². The number of para-hydroxylation sites is 2. The van der Waals surface area contributed by atoms with E-state index in [1.807, 2.05) is 12.1 Å². The highest BCUT2D eigenvalue weighted by atomic mass is 16.5. The molecule has 1 unspecified atom stereocenters. The second kappa shape index (κ2) is 9.01. The molecule has 1 N–H and O–H groups in total. The number of nitrogens with one attached hydrogen (secondary N) is 1. The fourth-order valence-corrected chi connectivity index (χ4v) is 2.65. The summed E-state index contributed by atoms with van der Waals surface area (Å²) in [6.07, 6.45) is 0.342. The van der Waals surface area contributed by atoms with Gasteiger partial charge in [-0.1, -0.05) is 18.2 Å². The van der Waals surface area contributed by atoms with E-state index in [4.69, 9.17) is 14.2 Å². The van der Waals surface area contributed by atoms with Crippen LogP contribution in [0.5, 0.6) is 11.5 Å². The normalized spacial score (nSPS) is 11.6. The molecule has 1 amide bonds. The van der Waals surface area contributed by atoms with Crippen LogP contribution in [0.15, 0.2) is 48.7 Å². The number of nitrogens with zero attached hydrogens (tertiary/aromatic N) is 2. The van der Waals surface area contributed by atoms with Gasteiger partial charge in [0, 0.05) is 6.54 Å². The van der Waals surface area contributed by atoms with Crippen molar-refractivity contribution in [2.24, 2.45) is 0 Å². The number of carbonyl (C=O) groups is 2. The van der Waals surface area contributed by atoms with Gasteiger partial charge in [0.15, 0.2) is 23.3 Å². The molecule has 0 aliphatic heterocycles. The average Bonchev–Trinajstić information content (AvgIpc) is 2.76. The predicted molar refractivity (Wildman–Crippen MR) is 106 cm³/mol. The minimum absolute atomic E-state index is 0.0447. The molecule has 150 valence electrons. The topological polar surface area (TPSA) is 99.6 Å². The summed E-state index contributed by atoms with van der Waals surface area (Å²) in [5.74, 6) is 0.0221. The van der Waals surface area contributed by atoms with Gasteiger partial charge in [0.05, 0.1) is 31.4 Å². The summed E-state index contributed by atoms with van der Waals surface area (Å²) in [6.45, 7) is 1.74. The molecule has 2 aromatic carbocycles. The minimum atomic E-state index is -0.990. The first-order valence-corrected chi connectivity index (χ1v) is 8.93. The molecule has 0 radical (unpaired) electrons. The molecule has 0 spiro atoms. The number of fused-ring (bicyclic) bond motifs is 1. The predicted octanol–water partition coefficient (Wildman–Crippen LogP) is 2.51. The molecule has 0 aliphatic carbocycles. The van der Waals surface area contributed by atoms with Crippen molar-refractivity contribution in [2.75, 3.05) is 14.2 Å². The molecule has 0 aliphatic rings. The van der Waals surface area contributed by atoms with E-state index in [9.17, 15) is 9.59 Å². The van der Waals surface area contributed by atoms with Crippen molar-refractivity contribution in [1.29, 1.82) is 0 Å². The van der Waals surface area contributed by atoms with Crippen LogP contribution in [0.25, 0.3) is 11.0 Å². The van der Waals surface area contributed by atoms with Crippen LogP contribution in [0.3, 0.4) is 0 Å². The van der Waals surface area contributed by atoms with Crippen LogP contribution in [0.1, 0.15) is 23.0 Å². The zero-order valence-electron chi connectivity index (χ0n) is 16.3. The molecule has 29 heavy (non-hydrogen) atoms. The van der Waals surface area contributed by atoms with Crippen LogP contribution in [-0.2, 0) is 16.1 Å². The first kappa shape index (κ1) is 20.1. The Morgan fingerprint density at radius 2 is 1.76 bits per heavy atom. The molecule has 1 aromatic heterocycles. The maximum atomic E-state index is 12.3. The number of carbonyl (C=O) groups excluding carboxylic acids is 2. The Morgan fingerprint density at radius 3 is 2.48 bits per heavy atom. The number of methoxy groups -OCH3 is 2. The van der Waals surface area contributed by atoms with Crippen LogP contribution < -0.4 is 14.8 Å². The summed E-state index contributed by atoms with van der Waals surface area (Å²) in [5, 5.41) is 2.73. The molecule has 3 rings (SSSR count). The molecule has 8 nitrogen and oxygen atoms in total. The van der Waals surface area contributed by atoms with Gasteiger partial charge in [-0.05, 0) is 36.8 Å². The van der Waals surface area contributed by atoms with Crippen molar-refractivity contribution >= 4 is 22.9 Å². The van der Waals surface area contributed by atoms with Gasteiger partial charge < -0.3 is 19.5 Å². The van der Waals surface area contributed by atoms with Gasteiger partial charge in [0.25, 0.3) is 5.91 Å². The number of esters is 1. The van der Waals surface area contributed by atoms with Crippen LogP contribution in [0.2, 0.25) is 0 Å². The Hall–Kier alpha value is -3.68. The maximum Gasteiger partial charge on any atom is 0.359 e. The molecule has 0 bridgehead atoms. The van der Waals surface area contributed by atoms with Crippen LogP contribution >= 0.6 is 0 Å². The number of hydrogen-bond acceptors (Lipinski definition) is 7.